The van der Waals surface area contributed by atoms with Crippen molar-refractivity contribution < 1.29 is 9.59 Å². The lowest BCUT2D eigenvalue weighted by molar-refractivity contribution is -0.129. The summed E-state index contributed by atoms with van der Waals surface area (Å²) in [6.45, 7) is 1.34. The Morgan fingerprint density at radius 2 is 1.92 bits per heavy atom. The first-order chi connectivity index (χ1) is 12.7. The normalized spacial score (nSPS) is 20.8. The largest absolute Gasteiger partial charge is 0.343 e. The van der Waals surface area contributed by atoms with Crippen LogP contribution < -0.4 is 5.32 Å². The van der Waals surface area contributed by atoms with E-state index in [4.69, 9.17) is 0 Å². The zero-order chi connectivity index (χ0) is 17.9. The smallest absolute Gasteiger partial charge is 0.226 e. The van der Waals surface area contributed by atoms with E-state index >= 15 is 0 Å². The second kappa shape index (κ2) is 7.28. The number of aromatic nitrogens is 1. The number of nitrogens with zero attached hydrogens (tertiary/aromatic N) is 2. The van der Waals surface area contributed by atoms with Crippen LogP contribution in [0, 0.1) is 11.8 Å². The van der Waals surface area contributed by atoms with E-state index in [0.29, 0.717) is 18.9 Å². The van der Waals surface area contributed by atoms with Crippen molar-refractivity contribution in [3.63, 3.8) is 0 Å². The van der Waals surface area contributed by atoms with E-state index in [1.807, 2.05) is 53.4 Å². The molecule has 4 rings (SSSR count). The van der Waals surface area contributed by atoms with E-state index in [1.165, 1.54) is 12.8 Å². The van der Waals surface area contributed by atoms with Crippen molar-refractivity contribution in [3.8, 4) is 0 Å². The van der Waals surface area contributed by atoms with Crippen LogP contribution in [0.5, 0.6) is 0 Å². The predicted octanol–water partition coefficient (Wildman–Crippen LogP) is 2.55. The second-order valence-corrected chi connectivity index (χ2v) is 7.25. The van der Waals surface area contributed by atoms with Crippen LogP contribution in [0.4, 0.5) is 0 Å². The SMILES string of the molecule is O=C(NC(c1ccccc1)c1ccccn1)C1CC(=O)N(CC2CC2)C1. The van der Waals surface area contributed by atoms with Crippen LogP contribution in [0.25, 0.3) is 0 Å². The Morgan fingerprint density at radius 1 is 1.15 bits per heavy atom. The van der Waals surface area contributed by atoms with E-state index in [9.17, 15) is 9.59 Å². The molecule has 134 valence electrons. The molecule has 2 aromatic rings. The molecule has 2 fully saturated rings. The highest BCUT2D eigenvalue weighted by Gasteiger charge is 2.37. The fourth-order valence-electron chi connectivity index (χ4n) is 3.52. The van der Waals surface area contributed by atoms with Crippen molar-refractivity contribution in [1.82, 2.24) is 15.2 Å². The maximum Gasteiger partial charge on any atom is 0.226 e. The molecular weight excluding hydrogens is 326 g/mol. The van der Waals surface area contributed by atoms with Crippen LogP contribution in [0.2, 0.25) is 0 Å². The molecule has 1 N–H and O–H groups in total. The zero-order valence-corrected chi connectivity index (χ0v) is 14.7. The average molecular weight is 349 g/mol. The molecule has 2 unspecified atom stereocenters. The summed E-state index contributed by atoms with van der Waals surface area (Å²) in [6, 6.07) is 15.2. The predicted molar refractivity (Wildman–Crippen MR) is 98.1 cm³/mol. The highest BCUT2D eigenvalue weighted by atomic mass is 16.2. The average Bonchev–Trinajstić information content (AvgIpc) is 3.42. The highest BCUT2D eigenvalue weighted by molar-refractivity contribution is 5.89. The Hall–Kier alpha value is -2.69. The number of likely N-dealkylation sites (tertiary alicyclic amines) is 1. The van der Waals surface area contributed by atoms with Crippen molar-refractivity contribution in [2.75, 3.05) is 13.1 Å². The molecule has 1 aliphatic heterocycles. The quantitative estimate of drug-likeness (QED) is 0.872. The van der Waals surface area contributed by atoms with Crippen LogP contribution in [0.3, 0.4) is 0 Å². The number of hydrogen-bond acceptors (Lipinski definition) is 3. The topological polar surface area (TPSA) is 62.3 Å². The van der Waals surface area contributed by atoms with E-state index in [0.717, 1.165) is 17.8 Å². The molecule has 2 aliphatic rings. The van der Waals surface area contributed by atoms with Gasteiger partial charge in [-0.15, -0.1) is 0 Å². The molecule has 0 radical (unpaired) electrons. The van der Waals surface area contributed by atoms with Crippen LogP contribution in [0.15, 0.2) is 54.7 Å². The molecule has 0 spiro atoms. The van der Waals surface area contributed by atoms with Gasteiger partial charge in [0.15, 0.2) is 0 Å². The van der Waals surface area contributed by atoms with E-state index < -0.39 is 0 Å². The summed E-state index contributed by atoms with van der Waals surface area (Å²) in [6.07, 6.45) is 4.45. The number of carbonyl (C=O) groups is 2. The molecule has 2 amide bonds. The molecule has 2 heterocycles. The fourth-order valence-corrected chi connectivity index (χ4v) is 3.52. The Balaban J connectivity index is 1.49. The summed E-state index contributed by atoms with van der Waals surface area (Å²) >= 11 is 0. The van der Waals surface area contributed by atoms with Gasteiger partial charge in [0.25, 0.3) is 0 Å². The van der Waals surface area contributed by atoms with Gasteiger partial charge in [0.05, 0.1) is 17.7 Å². The third kappa shape index (κ3) is 3.77. The first-order valence-electron chi connectivity index (χ1n) is 9.24. The van der Waals surface area contributed by atoms with Gasteiger partial charge in [-0.05, 0) is 36.5 Å². The molecule has 26 heavy (non-hydrogen) atoms. The molecule has 5 nitrogen and oxygen atoms in total. The lowest BCUT2D eigenvalue weighted by Gasteiger charge is -2.21. The number of rotatable bonds is 6. The Morgan fingerprint density at radius 3 is 2.62 bits per heavy atom. The number of hydrogen-bond donors (Lipinski definition) is 1. The van der Waals surface area contributed by atoms with Crippen molar-refractivity contribution in [1.29, 1.82) is 0 Å². The molecule has 0 bridgehead atoms. The molecule has 1 aromatic heterocycles. The highest BCUT2D eigenvalue weighted by Crippen LogP contribution is 2.32. The minimum atomic E-state index is -0.308. The third-order valence-electron chi connectivity index (χ3n) is 5.16. The molecule has 1 saturated carbocycles. The Bertz CT molecular complexity index is 735. The fraction of sp³-hybridized carbons (Fsp3) is 0.381. The van der Waals surface area contributed by atoms with Gasteiger partial charge < -0.3 is 10.2 Å². The minimum Gasteiger partial charge on any atom is -0.343 e. The van der Waals surface area contributed by atoms with Crippen LogP contribution >= 0.6 is 0 Å². The minimum absolute atomic E-state index is 0.0730. The third-order valence-corrected chi connectivity index (χ3v) is 5.16. The number of benzene rings is 1. The number of pyridine rings is 1. The van der Waals surface area contributed by atoms with E-state index in [1.54, 1.807) is 6.20 Å². The first kappa shape index (κ1) is 16.8. The number of amides is 2. The van der Waals surface area contributed by atoms with Gasteiger partial charge in [-0.1, -0.05) is 36.4 Å². The Labute approximate surface area is 153 Å². The zero-order valence-electron chi connectivity index (χ0n) is 14.7. The molecule has 1 aliphatic carbocycles. The van der Waals surface area contributed by atoms with Gasteiger partial charge in [-0.2, -0.15) is 0 Å². The van der Waals surface area contributed by atoms with Crippen LogP contribution in [-0.4, -0.2) is 34.8 Å². The summed E-state index contributed by atoms with van der Waals surface area (Å²) in [5.41, 5.74) is 1.78. The van der Waals surface area contributed by atoms with Crippen molar-refractivity contribution in [2.24, 2.45) is 11.8 Å². The van der Waals surface area contributed by atoms with Gasteiger partial charge in [-0.25, -0.2) is 0 Å². The van der Waals surface area contributed by atoms with Gasteiger partial charge in [0.1, 0.15) is 0 Å². The van der Waals surface area contributed by atoms with Crippen molar-refractivity contribution >= 4 is 11.8 Å². The number of nitrogens with one attached hydrogen (secondary N) is 1. The lowest BCUT2D eigenvalue weighted by Crippen LogP contribution is -2.36. The summed E-state index contributed by atoms with van der Waals surface area (Å²) in [4.78, 5) is 31.4. The van der Waals surface area contributed by atoms with Crippen LogP contribution in [-0.2, 0) is 9.59 Å². The summed E-state index contributed by atoms with van der Waals surface area (Å²) < 4.78 is 0. The molecule has 1 saturated heterocycles. The maximum absolute atomic E-state index is 12.9. The maximum atomic E-state index is 12.9. The van der Waals surface area contributed by atoms with Crippen LogP contribution in [0.1, 0.15) is 36.6 Å². The van der Waals surface area contributed by atoms with Crippen molar-refractivity contribution in [3.05, 3.63) is 66.0 Å². The first-order valence-corrected chi connectivity index (χ1v) is 9.24. The van der Waals surface area contributed by atoms with E-state index in [2.05, 4.69) is 10.3 Å². The Kier molecular flexibility index (Phi) is 4.69. The van der Waals surface area contributed by atoms with Gasteiger partial charge in [-0.3, -0.25) is 14.6 Å². The molecule has 5 heteroatoms. The van der Waals surface area contributed by atoms with Gasteiger partial charge in [0.2, 0.25) is 11.8 Å². The van der Waals surface area contributed by atoms with Gasteiger partial charge in [0, 0.05) is 25.7 Å². The summed E-state index contributed by atoms with van der Waals surface area (Å²) in [5, 5.41) is 3.12. The molecule has 1 aromatic carbocycles. The molecule has 2 atom stereocenters. The number of carbonyl (C=O) groups excluding carboxylic acids is 2. The van der Waals surface area contributed by atoms with Crippen molar-refractivity contribution in [2.45, 2.75) is 25.3 Å². The monoisotopic (exact) mass is 349 g/mol. The standard InChI is InChI=1S/C21H23N3O2/c25-19-12-17(14-24(19)13-15-9-10-15)21(26)23-20(16-6-2-1-3-7-16)18-8-4-5-11-22-18/h1-8,11,15,17,20H,9-10,12-14H2,(H,23,26). The molecular formula is C21H23N3O2. The van der Waals surface area contributed by atoms with Gasteiger partial charge >= 0.3 is 0 Å². The lowest BCUT2D eigenvalue weighted by atomic mass is 10.0. The second-order valence-electron chi connectivity index (χ2n) is 7.25. The summed E-state index contributed by atoms with van der Waals surface area (Å²) in [5.74, 6) is 0.393. The summed E-state index contributed by atoms with van der Waals surface area (Å²) in [7, 11) is 0. The van der Waals surface area contributed by atoms with E-state index in [-0.39, 0.29) is 23.8 Å².